The van der Waals surface area contributed by atoms with E-state index in [1.165, 1.54) is 31.3 Å². The molecular weight excluding hydrogens is 262 g/mol. The molecular formula is C17H31N3O. The highest BCUT2D eigenvalue weighted by Gasteiger charge is 2.34. The van der Waals surface area contributed by atoms with Gasteiger partial charge in [-0.2, -0.15) is 0 Å². The molecule has 4 heteroatoms. The fourth-order valence-electron chi connectivity index (χ4n) is 3.02. The van der Waals surface area contributed by atoms with Gasteiger partial charge < -0.3 is 15.4 Å². The Kier molecular flexibility index (Phi) is 6.55. The molecule has 21 heavy (non-hydrogen) atoms. The highest BCUT2D eigenvalue weighted by Crippen LogP contribution is 2.43. The molecule has 120 valence electrons. The topological polar surface area (TPSA) is 45.7 Å². The lowest BCUT2D eigenvalue weighted by Gasteiger charge is -2.40. The molecule has 0 radical (unpaired) electrons. The molecule has 1 heterocycles. The van der Waals surface area contributed by atoms with E-state index >= 15 is 0 Å². The van der Waals surface area contributed by atoms with Crippen LogP contribution in [0, 0.1) is 5.41 Å². The molecule has 0 amide bonds. The van der Waals surface area contributed by atoms with Gasteiger partial charge in [0.2, 0.25) is 0 Å². The van der Waals surface area contributed by atoms with Gasteiger partial charge in [-0.1, -0.05) is 25.0 Å². The Hall–Kier alpha value is -1.03. The van der Waals surface area contributed by atoms with E-state index in [9.17, 15) is 0 Å². The summed E-state index contributed by atoms with van der Waals surface area (Å²) in [5.41, 5.74) is 2.00. The lowest BCUT2D eigenvalue weighted by Crippen LogP contribution is -2.40. The second kappa shape index (κ2) is 8.42. The standard InChI is InChI=1S/C17H31N3O/c1-3-17(9-5-10-17)14-20-16(18-4-2)19-11-6-15-7-12-21-13-8-15/h7H,3-6,8-14H2,1-2H3,(H2,18,19,20). The Morgan fingerprint density at radius 2 is 2.19 bits per heavy atom. The smallest absolute Gasteiger partial charge is 0.191 e. The zero-order valence-electron chi connectivity index (χ0n) is 13.7. The van der Waals surface area contributed by atoms with E-state index in [-0.39, 0.29) is 0 Å². The Balaban J connectivity index is 1.76. The van der Waals surface area contributed by atoms with Crippen molar-refractivity contribution in [3.63, 3.8) is 0 Å². The van der Waals surface area contributed by atoms with Crippen molar-refractivity contribution in [1.82, 2.24) is 10.6 Å². The molecule has 1 saturated carbocycles. The van der Waals surface area contributed by atoms with Crippen LogP contribution < -0.4 is 10.6 Å². The quantitative estimate of drug-likeness (QED) is 0.431. The molecule has 0 unspecified atom stereocenters. The highest BCUT2D eigenvalue weighted by molar-refractivity contribution is 5.79. The summed E-state index contributed by atoms with van der Waals surface area (Å²) < 4.78 is 5.34. The summed E-state index contributed by atoms with van der Waals surface area (Å²) in [6.45, 7) is 8.92. The fraction of sp³-hybridized carbons (Fsp3) is 0.824. The van der Waals surface area contributed by atoms with Gasteiger partial charge in [-0.05, 0) is 44.4 Å². The van der Waals surface area contributed by atoms with Crippen molar-refractivity contribution in [2.45, 2.75) is 52.4 Å². The first-order valence-electron chi connectivity index (χ1n) is 8.56. The van der Waals surface area contributed by atoms with E-state index < -0.39 is 0 Å². The van der Waals surface area contributed by atoms with Gasteiger partial charge >= 0.3 is 0 Å². The molecule has 0 bridgehead atoms. The number of ether oxygens (including phenoxy) is 1. The molecule has 0 saturated heterocycles. The van der Waals surface area contributed by atoms with Gasteiger partial charge in [-0.25, -0.2) is 0 Å². The van der Waals surface area contributed by atoms with Crippen LogP contribution in [0.3, 0.4) is 0 Å². The van der Waals surface area contributed by atoms with E-state index in [4.69, 9.17) is 9.73 Å². The molecule has 1 aliphatic carbocycles. The van der Waals surface area contributed by atoms with E-state index in [2.05, 4.69) is 30.6 Å². The van der Waals surface area contributed by atoms with Gasteiger partial charge in [0.15, 0.2) is 5.96 Å². The maximum Gasteiger partial charge on any atom is 0.191 e. The van der Waals surface area contributed by atoms with Gasteiger partial charge in [0.25, 0.3) is 0 Å². The van der Waals surface area contributed by atoms with Gasteiger partial charge in [0.1, 0.15) is 0 Å². The largest absolute Gasteiger partial charge is 0.377 e. The van der Waals surface area contributed by atoms with E-state index in [1.807, 2.05) is 0 Å². The van der Waals surface area contributed by atoms with E-state index in [0.717, 1.165) is 51.6 Å². The summed E-state index contributed by atoms with van der Waals surface area (Å²) >= 11 is 0. The predicted octanol–water partition coefficient (Wildman–Crippen LogP) is 2.86. The SMILES string of the molecule is CCNC(=NCC1(CC)CCC1)NCCC1=CCOCC1. The van der Waals surface area contributed by atoms with Crippen LogP contribution in [-0.4, -0.2) is 38.8 Å². The summed E-state index contributed by atoms with van der Waals surface area (Å²) in [6, 6.07) is 0. The molecule has 0 spiro atoms. The summed E-state index contributed by atoms with van der Waals surface area (Å²) in [6.07, 6.45) is 9.71. The maximum atomic E-state index is 5.34. The van der Waals surface area contributed by atoms with E-state index in [0.29, 0.717) is 5.41 Å². The number of nitrogens with one attached hydrogen (secondary N) is 2. The zero-order chi connectivity index (χ0) is 15.0. The number of hydrogen-bond acceptors (Lipinski definition) is 2. The average Bonchev–Trinajstić information content (AvgIpc) is 2.47. The lowest BCUT2D eigenvalue weighted by molar-refractivity contribution is 0.139. The predicted molar refractivity (Wildman–Crippen MR) is 88.7 cm³/mol. The van der Waals surface area contributed by atoms with Crippen LogP contribution in [0.15, 0.2) is 16.6 Å². The number of rotatable bonds is 7. The summed E-state index contributed by atoms with van der Waals surface area (Å²) in [5.74, 6) is 0.977. The molecule has 0 aromatic carbocycles. The van der Waals surface area contributed by atoms with Gasteiger partial charge in [0, 0.05) is 19.6 Å². The van der Waals surface area contributed by atoms with Crippen LogP contribution in [0.5, 0.6) is 0 Å². The van der Waals surface area contributed by atoms with Gasteiger partial charge in [0.05, 0.1) is 13.2 Å². The van der Waals surface area contributed by atoms with Crippen LogP contribution >= 0.6 is 0 Å². The summed E-state index contributed by atoms with van der Waals surface area (Å²) in [5, 5.41) is 6.83. The molecule has 0 aromatic rings. The molecule has 2 N–H and O–H groups in total. The first-order valence-corrected chi connectivity index (χ1v) is 8.56. The molecule has 1 fully saturated rings. The Bertz CT molecular complexity index is 367. The number of nitrogens with zero attached hydrogens (tertiary/aromatic N) is 1. The Morgan fingerprint density at radius 3 is 2.76 bits per heavy atom. The number of hydrogen-bond donors (Lipinski definition) is 2. The number of aliphatic imine (C=N–C) groups is 1. The van der Waals surface area contributed by atoms with Crippen molar-refractivity contribution in [2.75, 3.05) is 32.8 Å². The van der Waals surface area contributed by atoms with Gasteiger partial charge in [-0.15, -0.1) is 0 Å². The Labute approximate surface area is 129 Å². The Morgan fingerprint density at radius 1 is 1.33 bits per heavy atom. The first-order chi connectivity index (χ1) is 10.3. The minimum atomic E-state index is 0.492. The highest BCUT2D eigenvalue weighted by atomic mass is 16.5. The average molecular weight is 293 g/mol. The molecule has 4 nitrogen and oxygen atoms in total. The van der Waals surface area contributed by atoms with Crippen LogP contribution in [0.1, 0.15) is 52.4 Å². The first kappa shape index (κ1) is 16.3. The van der Waals surface area contributed by atoms with Crippen LogP contribution in [0.25, 0.3) is 0 Å². The molecule has 0 aromatic heterocycles. The minimum Gasteiger partial charge on any atom is -0.377 e. The second-order valence-corrected chi connectivity index (χ2v) is 6.27. The summed E-state index contributed by atoms with van der Waals surface area (Å²) in [7, 11) is 0. The third kappa shape index (κ3) is 5.03. The zero-order valence-corrected chi connectivity index (χ0v) is 13.7. The van der Waals surface area contributed by atoms with Crippen LogP contribution in [0.2, 0.25) is 0 Å². The molecule has 1 aliphatic heterocycles. The minimum absolute atomic E-state index is 0.492. The van der Waals surface area contributed by atoms with Crippen molar-refractivity contribution in [3.8, 4) is 0 Å². The maximum absolute atomic E-state index is 5.34. The second-order valence-electron chi connectivity index (χ2n) is 6.27. The number of guanidine groups is 1. The van der Waals surface area contributed by atoms with Crippen molar-refractivity contribution < 1.29 is 4.74 Å². The van der Waals surface area contributed by atoms with Crippen molar-refractivity contribution >= 4 is 5.96 Å². The van der Waals surface area contributed by atoms with Crippen molar-refractivity contribution in [2.24, 2.45) is 10.4 Å². The van der Waals surface area contributed by atoms with Crippen LogP contribution in [0.4, 0.5) is 0 Å². The monoisotopic (exact) mass is 293 g/mol. The molecule has 2 aliphatic rings. The molecule has 2 rings (SSSR count). The molecule has 0 atom stereocenters. The third-order valence-corrected chi connectivity index (χ3v) is 4.88. The van der Waals surface area contributed by atoms with Crippen LogP contribution in [-0.2, 0) is 4.74 Å². The van der Waals surface area contributed by atoms with Crippen molar-refractivity contribution in [3.05, 3.63) is 11.6 Å². The summed E-state index contributed by atoms with van der Waals surface area (Å²) in [4.78, 5) is 4.81. The van der Waals surface area contributed by atoms with Crippen molar-refractivity contribution in [1.29, 1.82) is 0 Å². The normalized spacial score (nSPS) is 21.4. The van der Waals surface area contributed by atoms with E-state index in [1.54, 1.807) is 0 Å². The lowest BCUT2D eigenvalue weighted by atomic mass is 9.67. The van der Waals surface area contributed by atoms with Gasteiger partial charge in [-0.3, -0.25) is 4.99 Å². The fourth-order valence-corrected chi connectivity index (χ4v) is 3.02. The third-order valence-electron chi connectivity index (χ3n) is 4.88.